The predicted octanol–water partition coefficient (Wildman–Crippen LogP) is 2.50. The van der Waals surface area contributed by atoms with Gasteiger partial charge < -0.3 is 5.32 Å². The lowest BCUT2D eigenvalue weighted by Gasteiger charge is -2.46. The average Bonchev–Trinajstić information content (AvgIpc) is 2.02. The Labute approximate surface area is 78.0 Å². The average molecular weight is 179 g/mol. The first-order chi connectivity index (χ1) is 6.09. The summed E-state index contributed by atoms with van der Waals surface area (Å²) in [6, 6.07) is 7.14. The first-order valence-electron chi connectivity index (χ1n) is 4.58. The molecule has 0 saturated carbocycles. The highest BCUT2D eigenvalue weighted by molar-refractivity contribution is 5.24. The Kier molecular flexibility index (Phi) is 1.88. The Hall–Kier alpha value is -0.890. The van der Waals surface area contributed by atoms with E-state index < -0.39 is 0 Å². The van der Waals surface area contributed by atoms with Crippen LogP contribution in [0.5, 0.6) is 0 Å². The van der Waals surface area contributed by atoms with Gasteiger partial charge in [0.1, 0.15) is 5.82 Å². The quantitative estimate of drug-likeness (QED) is 0.698. The zero-order valence-electron chi connectivity index (χ0n) is 7.97. The molecule has 2 rings (SSSR count). The van der Waals surface area contributed by atoms with Crippen LogP contribution in [0.1, 0.15) is 25.5 Å². The van der Waals surface area contributed by atoms with Gasteiger partial charge in [0.05, 0.1) is 0 Å². The summed E-state index contributed by atoms with van der Waals surface area (Å²) in [4.78, 5) is 0. The molecule has 1 fully saturated rings. The third kappa shape index (κ3) is 1.46. The second kappa shape index (κ2) is 2.81. The molecule has 1 heterocycles. The normalized spacial score (nSPS) is 25.3. The molecule has 1 aromatic rings. The maximum atomic E-state index is 12.9. The summed E-state index contributed by atoms with van der Waals surface area (Å²) in [5.41, 5.74) is 1.31. The van der Waals surface area contributed by atoms with Crippen LogP contribution in [0.15, 0.2) is 24.3 Å². The van der Waals surface area contributed by atoms with Gasteiger partial charge in [-0.25, -0.2) is 4.39 Å². The summed E-state index contributed by atoms with van der Waals surface area (Å²) in [5, 5.41) is 3.31. The molecule has 1 N–H and O–H groups in total. The summed E-state index contributed by atoms with van der Waals surface area (Å²) in [6.45, 7) is 5.40. The predicted molar refractivity (Wildman–Crippen MR) is 50.9 cm³/mol. The SMILES string of the molecule is CC1(C)CNC1c1cccc(F)c1. The molecule has 0 amide bonds. The van der Waals surface area contributed by atoms with E-state index in [0.717, 1.165) is 12.1 Å². The van der Waals surface area contributed by atoms with Crippen LogP contribution in [0.2, 0.25) is 0 Å². The minimum atomic E-state index is -0.151. The van der Waals surface area contributed by atoms with Crippen LogP contribution in [-0.4, -0.2) is 6.54 Å². The van der Waals surface area contributed by atoms with Gasteiger partial charge in [0.2, 0.25) is 0 Å². The lowest BCUT2D eigenvalue weighted by Crippen LogP contribution is -2.52. The minimum absolute atomic E-state index is 0.151. The Morgan fingerprint density at radius 1 is 1.46 bits per heavy atom. The molecule has 1 unspecified atom stereocenters. The van der Waals surface area contributed by atoms with Gasteiger partial charge in [-0.3, -0.25) is 0 Å². The van der Waals surface area contributed by atoms with Crippen molar-refractivity contribution in [1.29, 1.82) is 0 Å². The van der Waals surface area contributed by atoms with Crippen molar-refractivity contribution >= 4 is 0 Å². The first-order valence-corrected chi connectivity index (χ1v) is 4.58. The second-order valence-electron chi connectivity index (χ2n) is 4.36. The number of benzene rings is 1. The zero-order chi connectivity index (χ0) is 9.47. The summed E-state index contributed by atoms with van der Waals surface area (Å²) in [7, 11) is 0. The summed E-state index contributed by atoms with van der Waals surface area (Å²) in [5.74, 6) is -0.151. The minimum Gasteiger partial charge on any atom is -0.309 e. The van der Waals surface area contributed by atoms with Gasteiger partial charge in [0.15, 0.2) is 0 Å². The van der Waals surface area contributed by atoms with Gasteiger partial charge in [0.25, 0.3) is 0 Å². The van der Waals surface area contributed by atoms with Crippen LogP contribution in [0, 0.1) is 11.2 Å². The molecular formula is C11H14FN. The van der Waals surface area contributed by atoms with Crippen LogP contribution in [0.4, 0.5) is 4.39 Å². The van der Waals surface area contributed by atoms with Crippen LogP contribution >= 0.6 is 0 Å². The molecule has 0 radical (unpaired) electrons. The van der Waals surface area contributed by atoms with Crippen LogP contribution < -0.4 is 5.32 Å². The number of halogens is 1. The number of hydrogen-bond donors (Lipinski definition) is 1. The van der Waals surface area contributed by atoms with Gasteiger partial charge in [-0.15, -0.1) is 0 Å². The van der Waals surface area contributed by atoms with Crippen molar-refractivity contribution in [2.24, 2.45) is 5.41 Å². The van der Waals surface area contributed by atoms with Crippen molar-refractivity contribution in [3.63, 3.8) is 0 Å². The summed E-state index contributed by atoms with van der Waals surface area (Å²) < 4.78 is 12.9. The molecule has 1 saturated heterocycles. The van der Waals surface area contributed by atoms with E-state index >= 15 is 0 Å². The molecule has 2 heteroatoms. The van der Waals surface area contributed by atoms with Gasteiger partial charge in [-0.05, 0) is 23.1 Å². The van der Waals surface area contributed by atoms with Gasteiger partial charge in [-0.2, -0.15) is 0 Å². The topological polar surface area (TPSA) is 12.0 Å². The van der Waals surface area contributed by atoms with E-state index in [1.165, 1.54) is 6.07 Å². The lowest BCUT2D eigenvalue weighted by molar-refractivity contribution is 0.128. The second-order valence-corrected chi connectivity index (χ2v) is 4.36. The van der Waals surface area contributed by atoms with E-state index in [2.05, 4.69) is 19.2 Å². The third-order valence-corrected chi connectivity index (χ3v) is 2.73. The monoisotopic (exact) mass is 179 g/mol. The molecule has 0 spiro atoms. The molecule has 1 atom stereocenters. The summed E-state index contributed by atoms with van der Waals surface area (Å²) >= 11 is 0. The molecule has 1 aliphatic heterocycles. The third-order valence-electron chi connectivity index (χ3n) is 2.73. The van der Waals surface area contributed by atoms with Crippen molar-refractivity contribution in [1.82, 2.24) is 5.32 Å². The first kappa shape index (κ1) is 8.70. The van der Waals surface area contributed by atoms with Crippen molar-refractivity contribution in [3.8, 4) is 0 Å². The highest BCUT2D eigenvalue weighted by atomic mass is 19.1. The zero-order valence-corrected chi connectivity index (χ0v) is 7.97. The summed E-state index contributed by atoms with van der Waals surface area (Å²) in [6.07, 6.45) is 0. The largest absolute Gasteiger partial charge is 0.309 e. The van der Waals surface area contributed by atoms with E-state index in [4.69, 9.17) is 0 Å². The smallest absolute Gasteiger partial charge is 0.123 e. The Morgan fingerprint density at radius 2 is 2.23 bits per heavy atom. The molecule has 0 bridgehead atoms. The van der Waals surface area contributed by atoms with E-state index in [0.29, 0.717) is 6.04 Å². The lowest BCUT2D eigenvalue weighted by atomic mass is 9.74. The van der Waals surface area contributed by atoms with E-state index in [9.17, 15) is 4.39 Å². The highest BCUT2D eigenvalue weighted by Crippen LogP contribution is 2.39. The van der Waals surface area contributed by atoms with E-state index in [1.807, 2.05) is 6.07 Å². The van der Waals surface area contributed by atoms with Crippen LogP contribution in [0.3, 0.4) is 0 Å². The number of rotatable bonds is 1. The van der Waals surface area contributed by atoms with Gasteiger partial charge in [0, 0.05) is 12.6 Å². The van der Waals surface area contributed by atoms with Crippen molar-refractivity contribution < 1.29 is 4.39 Å². The van der Waals surface area contributed by atoms with Crippen LogP contribution in [0.25, 0.3) is 0 Å². The standard InChI is InChI=1S/C11H14FN/c1-11(2)7-13-10(11)8-4-3-5-9(12)6-8/h3-6,10,13H,7H2,1-2H3. The van der Waals surface area contributed by atoms with Gasteiger partial charge >= 0.3 is 0 Å². The van der Waals surface area contributed by atoms with Crippen molar-refractivity contribution in [2.75, 3.05) is 6.54 Å². The van der Waals surface area contributed by atoms with Gasteiger partial charge in [-0.1, -0.05) is 26.0 Å². The highest BCUT2D eigenvalue weighted by Gasteiger charge is 2.38. The van der Waals surface area contributed by atoms with Crippen molar-refractivity contribution in [3.05, 3.63) is 35.6 Å². The van der Waals surface area contributed by atoms with E-state index in [-0.39, 0.29) is 11.2 Å². The fourth-order valence-corrected chi connectivity index (χ4v) is 1.87. The fraction of sp³-hybridized carbons (Fsp3) is 0.455. The molecule has 0 aromatic heterocycles. The fourth-order valence-electron chi connectivity index (χ4n) is 1.87. The molecule has 0 aliphatic carbocycles. The number of hydrogen-bond acceptors (Lipinski definition) is 1. The van der Waals surface area contributed by atoms with Crippen LogP contribution in [-0.2, 0) is 0 Å². The molecule has 1 aliphatic rings. The Morgan fingerprint density at radius 3 is 2.69 bits per heavy atom. The Balaban J connectivity index is 2.26. The maximum Gasteiger partial charge on any atom is 0.123 e. The molecule has 1 aromatic carbocycles. The maximum absolute atomic E-state index is 12.9. The molecule has 13 heavy (non-hydrogen) atoms. The molecule has 70 valence electrons. The van der Waals surface area contributed by atoms with Crippen molar-refractivity contribution in [2.45, 2.75) is 19.9 Å². The Bertz CT molecular complexity index is 320. The van der Waals surface area contributed by atoms with E-state index in [1.54, 1.807) is 12.1 Å². The number of nitrogens with one attached hydrogen (secondary N) is 1. The molecule has 1 nitrogen and oxygen atoms in total. The molecular weight excluding hydrogens is 165 g/mol.